The Balaban J connectivity index is 1.06. The van der Waals surface area contributed by atoms with Crippen molar-refractivity contribution in [3.63, 3.8) is 0 Å². The maximum Gasteiger partial charge on any atom is 0.144 e. The lowest BCUT2D eigenvalue weighted by atomic mass is 9.92. The lowest BCUT2D eigenvalue weighted by Gasteiger charge is -2.13. The molecule has 4 heterocycles. The van der Waals surface area contributed by atoms with E-state index in [9.17, 15) is 0 Å². The second-order valence-corrected chi connectivity index (χ2v) is 14.7. The van der Waals surface area contributed by atoms with Gasteiger partial charge in [-0.1, -0.05) is 164 Å². The molecule has 0 bridgehead atoms. The molecule has 8 aromatic carbocycles. The molecule has 0 saturated heterocycles. The van der Waals surface area contributed by atoms with Gasteiger partial charge in [0.1, 0.15) is 11.2 Å². The fourth-order valence-corrected chi connectivity index (χ4v) is 8.76. The number of para-hydroxylation sites is 2. The van der Waals surface area contributed by atoms with Crippen molar-refractivity contribution in [2.24, 2.45) is 0 Å². The van der Waals surface area contributed by atoms with Gasteiger partial charge in [0.15, 0.2) is 0 Å². The summed E-state index contributed by atoms with van der Waals surface area (Å²) in [5, 5.41) is 9.81. The number of benzene rings is 8. The van der Waals surface area contributed by atoms with Crippen LogP contribution in [0.15, 0.2) is 192 Å². The van der Waals surface area contributed by atoms with Crippen molar-refractivity contribution in [3.8, 4) is 44.9 Å². The van der Waals surface area contributed by atoms with Crippen LogP contribution in [0.4, 0.5) is 0 Å². The molecule has 0 unspecified atom stereocenters. The average molecular weight is 726 g/mol. The molecule has 0 atom stereocenters. The minimum Gasteiger partial charge on any atom is -0.455 e. The third-order valence-corrected chi connectivity index (χ3v) is 11.5. The summed E-state index contributed by atoms with van der Waals surface area (Å²) < 4.78 is 7.10. The molecule has 0 aliphatic heterocycles. The van der Waals surface area contributed by atoms with Crippen molar-refractivity contribution in [1.82, 2.24) is 15.0 Å². The number of hydrogen-bond donors (Lipinski definition) is 0. The van der Waals surface area contributed by atoms with Crippen molar-refractivity contribution in [2.75, 3.05) is 0 Å². The summed E-state index contributed by atoms with van der Waals surface area (Å²) in [5.41, 5.74) is 12.7. The first kappa shape index (κ1) is 31.6. The molecule has 4 aromatic heterocycles. The van der Waals surface area contributed by atoms with E-state index in [2.05, 4.69) is 164 Å². The maximum absolute atomic E-state index is 7.10. The van der Waals surface area contributed by atoms with Crippen LogP contribution >= 0.6 is 0 Å². The van der Waals surface area contributed by atoms with Gasteiger partial charge in [0.05, 0.1) is 33.6 Å². The molecule has 0 aliphatic rings. The minimum absolute atomic E-state index is 0.871. The van der Waals surface area contributed by atoms with E-state index in [-0.39, 0.29) is 0 Å². The van der Waals surface area contributed by atoms with Crippen molar-refractivity contribution in [1.29, 1.82) is 0 Å². The Morgan fingerprint density at radius 1 is 0.316 bits per heavy atom. The van der Waals surface area contributed by atoms with E-state index in [0.717, 1.165) is 121 Å². The van der Waals surface area contributed by atoms with Crippen LogP contribution in [-0.2, 0) is 0 Å². The van der Waals surface area contributed by atoms with E-state index >= 15 is 0 Å². The molecule has 0 amide bonds. The van der Waals surface area contributed by atoms with E-state index in [1.165, 1.54) is 0 Å². The molecule has 12 rings (SSSR count). The average Bonchev–Trinajstić information content (AvgIpc) is 3.68. The first-order valence-corrected chi connectivity index (χ1v) is 19.3. The third-order valence-electron chi connectivity index (χ3n) is 11.5. The van der Waals surface area contributed by atoms with Crippen molar-refractivity contribution in [2.45, 2.75) is 0 Å². The van der Waals surface area contributed by atoms with Crippen LogP contribution in [0.2, 0.25) is 0 Å². The molecule has 264 valence electrons. The van der Waals surface area contributed by atoms with Crippen molar-refractivity contribution in [3.05, 3.63) is 188 Å². The first-order valence-electron chi connectivity index (χ1n) is 19.3. The Kier molecular flexibility index (Phi) is 6.89. The molecule has 0 spiro atoms. The van der Waals surface area contributed by atoms with Crippen LogP contribution in [0.3, 0.4) is 0 Å². The Bertz CT molecular complexity index is 3570. The van der Waals surface area contributed by atoms with E-state index < -0.39 is 0 Å². The van der Waals surface area contributed by atoms with Gasteiger partial charge in [-0.3, -0.25) is 0 Å². The number of aromatic nitrogens is 3. The van der Waals surface area contributed by atoms with Gasteiger partial charge in [-0.15, -0.1) is 0 Å². The van der Waals surface area contributed by atoms with E-state index in [0.29, 0.717) is 0 Å². The van der Waals surface area contributed by atoms with Gasteiger partial charge in [0.2, 0.25) is 0 Å². The summed E-state index contributed by atoms with van der Waals surface area (Å²) in [4.78, 5) is 15.7. The maximum atomic E-state index is 7.10. The van der Waals surface area contributed by atoms with Gasteiger partial charge >= 0.3 is 0 Å². The second kappa shape index (κ2) is 12.4. The molecule has 57 heavy (non-hydrogen) atoms. The third kappa shape index (κ3) is 4.91. The molecular formula is C53H31N3O. The number of fused-ring (bicyclic) bond motifs is 11. The summed E-state index contributed by atoms with van der Waals surface area (Å²) in [5.74, 6) is 0. The lowest BCUT2D eigenvalue weighted by Crippen LogP contribution is -1.92. The van der Waals surface area contributed by atoms with E-state index in [1.807, 2.05) is 24.3 Å². The number of hydrogen-bond acceptors (Lipinski definition) is 4. The first-order chi connectivity index (χ1) is 28.3. The molecular weight excluding hydrogens is 695 g/mol. The fourth-order valence-electron chi connectivity index (χ4n) is 8.76. The lowest BCUT2D eigenvalue weighted by molar-refractivity contribution is 0.674. The molecule has 4 nitrogen and oxygen atoms in total. The van der Waals surface area contributed by atoms with Crippen molar-refractivity contribution >= 4 is 76.2 Å². The molecule has 4 heteroatoms. The standard InChI is InChI=1S/C53H31N3O/c1-3-12-32(13-4-1)45-30-24-34-22-23-35-25-31-47(56-51(35)50(34)54-45)39-27-26-38(36-16-7-8-17-37(36)39)40-19-11-20-41-42-28-29-44-48(53(42)57-52(40)41)43-18-9-10-21-46(43)55-49(44)33-14-5-2-6-15-33/h1-31H. The minimum atomic E-state index is 0.871. The number of nitrogens with zero attached hydrogens (tertiary/aromatic N) is 3. The predicted octanol–water partition coefficient (Wildman–Crippen LogP) is 14.2. The number of furan rings is 1. The zero-order chi connectivity index (χ0) is 37.5. The molecule has 12 aromatic rings. The number of rotatable bonds is 4. The summed E-state index contributed by atoms with van der Waals surface area (Å²) in [6.07, 6.45) is 0. The van der Waals surface area contributed by atoms with Crippen LogP contribution in [0.25, 0.3) is 121 Å². The second-order valence-electron chi connectivity index (χ2n) is 14.7. The van der Waals surface area contributed by atoms with E-state index in [1.54, 1.807) is 0 Å². The Morgan fingerprint density at radius 3 is 1.65 bits per heavy atom. The van der Waals surface area contributed by atoms with Gasteiger partial charge in [-0.05, 0) is 40.6 Å². The van der Waals surface area contributed by atoms with Gasteiger partial charge < -0.3 is 4.42 Å². The summed E-state index contributed by atoms with van der Waals surface area (Å²) >= 11 is 0. The summed E-state index contributed by atoms with van der Waals surface area (Å²) in [6, 6.07) is 65.9. The molecule has 0 radical (unpaired) electrons. The zero-order valence-electron chi connectivity index (χ0n) is 30.6. The highest BCUT2D eigenvalue weighted by Gasteiger charge is 2.20. The van der Waals surface area contributed by atoms with Gasteiger partial charge in [-0.2, -0.15) is 0 Å². The van der Waals surface area contributed by atoms with Crippen LogP contribution in [0, 0.1) is 0 Å². The highest BCUT2D eigenvalue weighted by Crippen LogP contribution is 2.45. The molecule has 0 saturated carbocycles. The SMILES string of the molecule is c1ccc(-c2ccc3ccc4ccc(-c5ccc(-c6cccc7c6oc6c7ccc7c(-c8ccccc8)nc8ccccc8c76)c6ccccc56)nc4c3n2)cc1. The Labute approximate surface area is 327 Å². The predicted molar refractivity (Wildman–Crippen MR) is 236 cm³/mol. The van der Waals surface area contributed by atoms with Crippen LogP contribution in [-0.4, -0.2) is 15.0 Å². The summed E-state index contributed by atoms with van der Waals surface area (Å²) in [6.45, 7) is 0. The Morgan fingerprint density at radius 2 is 0.877 bits per heavy atom. The molecule has 0 aliphatic carbocycles. The molecule has 0 fully saturated rings. The topological polar surface area (TPSA) is 51.8 Å². The number of pyridine rings is 3. The van der Waals surface area contributed by atoms with Crippen LogP contribution in [0.1, 0.15) is 0 Å². The fraction of sp³-hybridized carbons (Fsp3) is 0. The zero-order valence-corrected chi connectivity index (χ0v) is 30.6. The van der Waals surface area contributed by atoms with Crippen LogP contribution in [0.5, 0.6) is 0 Å². The smallest absolute Gasteiger partial charge is 0.144 e. The monoisotopic (exact) mass is 725 g/mol. The highest BCUT2D eigenvalue weighted by molar-refractivity contribution is 6.26. The molecule has 0 N–H and O–H groups in total. The summed E-state index contributed by atoms with van der Waals surface area (Å²) in [7, 11) is 0. The Hall–Kier alpha value is -7.69. The van der Waals surface area contributed by atoms with Crippen molar-refractivity contribution < 1.29 is 4.42 Å². The van der Waals surface area contributed by atoms with E-state index in [4.69, 9.17) is 19.4 Å². The van der Waals surface area contributed by atoms with Gasteiger partial charge in [0, 0.05) is 60.0 Å². The highest BCUT2D eigenvalue weighted by atomic mass is 16.3. The van der Waals surface area contributed by atoms with Gasteiger partial charge in [0.25, 0.3) is 0 Å². The largest absolute Gasteiger partial charge is 0.455 e. The van der Waals surface area contributed by atoms with Crippen LogP contribution < -0.4 is 0 Å². The quantitative estimate of drug-likeness (QED) is 0.170. The van der Waals surface area contributed by atoms with Gasteiger partial charge in [-0.25, -0.2) is 15.0 Å². The normalized spacial score (nSPS) is 11.9.